The van der Waals surface area contributed by atoms with Crippen molar-refractivity contribution in [3.8, 4) is 5.75 Å². The van der Waals surface area contributed by atoms with Crippen molar-refractivity contribution in [1.29, 1.82) is 0 Å². The number of para-hydroxylation sites is 1. The van der Waals surface area contributed by atoms with Gasteiger partial charge in [0.15, 0.2) is 6.23 Å². The van der Waals surface area contributed by atoms with Crippen molar-refractivity contribution in [2.45, 2.75) is 32.5 Å². The highest BCUT2D eigenvalue weighted by atomic mass is 35.5. The molecule has 0 bridgehead atoms. The maximum Gasteiger partial charge on any atom is 0.348 e. The van der Waals surface area contributed by atoms with E-state index in [0.717, 1.165) is 49.2 Å². The lowest BCUT2D eigenvalue weighted by molar-refractivity contribution is 0.0978. The summed E-state index contributed by atoms with van der Waals surface area (Å²) in [6.07, 6.45) is 0.534. The summed E-state index contributed by atoms with van der Waals surface area (Å²) in [5.74, 6) is 1.45. The first-order chi connectivity index (χ1) is 17.1. The predicted octanol–water partition coefficient (Wildman–Crippen LogP) is 4.22. The lowest BCUT2D eigenvalue weighted by Crippen LogP contribution is -2.47. The van der Waals surface area contributed by atoms with Crippen LogP contribution in [0.25, 0.3) is 0 Å². The molecule has 1 atom stereocenters. The Labute approximate surface area is 215 Å². The Morgan fingerprint density at radius 2 is 1.80 bits per heavy atom. The first-order valence-corrected chi connectivity index (χ1v) is 12.6. The summed E-state index contributed by atoms with van der Waals surface area (Å²) in [5, 5.41) is 5.26. The Balaban J connectivity index is 1.32. The van der Waals surface area contributed by atoms with Crippen LogP contribution in [0.3, 0.4) is 0 Å². The predicted molar refractivity (Wildman–Crippen MR) is 138 cm³/mol. The number of hydrogen-bond acceptors (Lipinski definition) is 6. The van der Waals surface area contributed by atoms with Crippen molar-refractivity contribution >= 4 is 29.2 Å². The molecule has 35 heavy (non-hydrogen) atoms. The number of rotatable bonds is 11. The number of ether oxygens (including phenoxy) is 1. The number of halogens is 2. The molecule has 2 aromatic carbocycles. The molecule has 0 saturated carbocycles. The second-order valence-electron chi connectivity index (χ2n) is 8.45. The Morgan fingerprint density at radius 1 is 1.03 bits per heavy atom. The van der Waals surface area contributed by atoms with Crippen molar-refractivity contribution in [3.63, 3.8) is 0 Å². The summed E-state index contributed by atoms with van der Waals surface area (Å²) in [4.78, 5) is 17.8. The van der Waals surface area contributed by atoms with E-state index in [4.69, 9.17) is 32.5 Å². The summed E-state index contributed by atoms with van der Waals surface area (Å²) >= 11 is 12.0. The maximum absolute atomic E-state index is 13.1. The minimum absolute atomic E-state index is 0.241. The normalized spacial score (nSPS) is 15.3. The van der Waals surface area contributed by atoms with Crippen molar-refractivity contribution < 1.29 is 9.03 Å². The molecule has 1 aliphatic rings. The van der Waals surface area contributed by atoms with E-state index >= 15 is 0 Å². The van der Waals surface area contributed by atoms with Crippen molar-refractivity contribution in [3.05, 3.63) is 75.9 Å². The first-order valence-electron chi connectivity index (χ1n) is 12.0. The molecular weight excluding hydrogens is 489 g/mol. The molecule has 0 unspecified atom stereocenters. The highest BCUT2D eigenvalue weighted by Crippen LogP contribution is 2.21. The van der Waals surface area contributed by atoms with E-state index in [1.165, 1.54) is 4.68 Å². The van der Waals surface area contributed by atoms with Gasteiger partial charge in [-0.25, -0.2) is 4.79 Å². The Hall–Kier alpha value is -2.52. The Bertz CT molecular complexity index is 1130. The number of benzene rings is 2. The van der Waals surface area contributed by atoms with Gasteiger partial charge in [-0.05, 0) is 30.3 Å². The quantitative estimate of drug-likeness (QED) is 0.377. The molecule has 2 heterocycles. The van der Waals surface area contributed by atoms with Crippen molar-refractivity contribution in [2.75, 3.05) is 44.2 Å². The third kappa shape index (κ3) is 6.58. The van der Waals surface area contributed by atoms with Gasteiger partial charge < -0.3 is 9.64 Å². The summed E-state index contributed by atoms with van der Waals surface area (Å²) in [6, 6.07) is 17.5. The fourth-order valence-electron chi connectivity index (χ4n) is 4.30. The number of piperazine rings is 1. The van der Waals surface area contributed by atoms with Crippen LogP contribution in [0, 0.1) is 0 Å². The molecule has 3 aromatic rings. The molecule has 188 valence electrons. The van der Waals surface area contributed by atoms with E-state index < -0.39 is 6.23 Å². The number of hydrogen-bond donors (Lipinski definition) is 0. The molecule has 0 spiro atoms. The Morgan fingerprint density at radius 3 is 2.49 bits per heavy atom. The van der Waals surface area contributed by atoms with E-state index in [9.17, 15) is 4.79 Å². The van der Waals surface area contributed by atoms with Gasteiger partial charge in [-0.1, -0.05) is 42.8 Å². The smallest absolute Gasteiger partial charge is 0.348 e. The molecule has 10 heteroatoms. The van der Waals surface area contributed by atoms with E-state index in [0.29, 0.717) is 31.8 Å². The SMILES string of the molecule is CCc1nn([C@H](CCN2CCN(c3cccc(Cl)c3)CC2)OCl)c(=O)n1CCOc1ccccc1. The number of aromatic nitrogens is 3. The van der Waals surface area contributed by atoms with Crippen LogP contribution in [-0.2, 0) is 17.3 Å². The highest BCUT2D eigenvalue weighted by molar-refractivity contribution is 6.30. The van der Waals surface area contributed by atoms with Crippen LogP contribution in [0.5, 0.6) is 5.75 Å². The monoisotopic (exact) mass is 519 g/mol. The van der Waals surface area contributed by atoms with E-state index in [1.807, 2.05) is 55.5 Å². The zero-order chi connectivity index (χ0) is 24.6. The lowest BCUT2D eigenvalue weighted by atomic mass is 10.2. The molecular formula is C25H31Cl2N5O3. The largest absolute Gasteiger partial charge is 0.492 e. The second-order valence-corrected chi connectivity index (χ2v) is 9.07. The van der Waals surface area contributed by atoms with Gasteiger partial charge in [0.1, 0.15) is 18.2 Å². The molecule has 8 nitrogen and oxygen atoms in total. The zero-order valence-electron chi connectivity index (χ0n) is 19.9. The van der Waals surface area contributed by atoms with Crippen molar-refractivity contribution in [1.82, 2.24) is 19.2 Å². The lowest BCUT2D eigenvalue weighted by Gasteiger charge is -2.36. The summed E-state index contributed by atoms with van der Waals surface area (Å²) in [7, 11) is 0. The average molecular weight is 520 g/mol. The molecule has 4 rings (SSSR count). The highest BCUT2D eigenvalue weighted by Gasteiger charge is 2.23. The fourth-order valence-corrected chi connectivity index (χ4v) is 4.65. The van der Waals surface area contributed by atoms with E-state index in [2.05, 4.69) is 21.0 Å². The van der Waals surface area contributed by atoms with Gasteiger partial charge in [-0.2, -0.15) is 9.78 Å². The third-order valence-corrected chi connectivity index (χ3v) is 6.66. The first kappa shape index (κ1) is 25.6. The fraction of sp³-hybridized carbons (Fsp3) is 0.440. The van der Waals surface area contributed by atoms with Gasteiger partial charge in [0.25, 0.3) is 0 Å². The van der Waals surface area contributed by atoms with Gasteiger partial charge in [0.05, 0.1) is 18.4 Å². The number of anilines is 1. The van der Waals surface area contributed by atoms with Crippen LogP contribution >= 0.6 is 23.5 Å². The van der Waals surface area contributed by atoms with Crippen molar-refractivity contribution in [2.24, 2.45) is 0 Å². The van der Waals surface area contributed by atoms with Crippen LogP contribution in [0.15, 0.2) is 59.4 Å². The van der Waals surface area contributed by atoms with Gasteiger partial charge in [0, 0.05) is 56.3 Å². The van der Waals surface area contributed by atoms with Crippen LogP contribution in [-0.4, -0.2) is 58.6 Å². The van der Waals surface area contributed by atoms with Crippen LogP contribution in [0.2, 0.25) is 5.02 Å². The molecule has 1 aromatic heterocycles. The van der Waals surface area contributed by atoms with Gasteiger partial charge in [-0.3, -0.25) is 13.8 Å². The van der Waals surface area contributed by atoms with Crippen LogP contribution in [0.4, 0.5) is 5.69 Å². The van der Waals surface area contributed by atoms with Gasteiger partial charge in [0.2, 0.25) is 0 Å². The summed E-state index contributed by atoms with van der Waals surface area (Å²) < 4.78 is 13.9. The average Bonchev–Trinajstić information content (AvgIpc) is 3.20. The standard InChI is InChI=1S/C25H31Cl2N5O3/c1-2-23-28-32(25(33)31(23)17-18-34-22-9-4-3-5-10-22)24(35-27)11-12-29-13-15-30(16-14-29)21-8-6-7-20(26)19-21/h3-10,19,24H,2,11-18H2,1H3/t24-/m0/s1. The molecule has 0 aliphatic carbocycles. The zero-order valence-corrected chi connectivity index (χ0v) is 21.4. The van der Waals surface area contributed by atoms with E-state index in [1.54, 1.807) is 4.57 Å². The minimum Gasteiger partial charge on any atom is -0.492 e. The second kappa shape index (κ2) is 12.4. The topological polar surface area (TPSA) is 64.8 Å². The van der Waals surface area contributed by atoms with Gasteiger partial charge >= 0.3 is 5.69 Å². The Kier molecular flexibility index (Phi) is 9.09. The molecule has 0 amide bonds. The van der Waals surface area contributed by atoms with Crippen LogP contribution in [0.1, 0.15) is 25.4 Å². The summed E-state index contributed by atoms with van der Waals surface area (Å²) in [6.45, 7) is 7.10. The molecule has 0 N–H and O–H groups in total. The molecule has 1 fully saturated rings. The van der Waals surface area contributed by atoms with Gasteiger partial charge in [-0.15, -0.1) is 0 Å². The minimum atomic E-state index is -0.642. The molecule has 1 aliphatic heterocycles. The van der Waals surface area contributed by atoms with Crippen LogP contribution < -0.4 is 15.3 Å². The summed E-state index contributed by atoms with van der Waals surface area (Å²) in [5.41, 5.74) is 0.898. The maximum atomic E-state index is 13.1. The van der Waals surface area contributed by atoms with E-state index in [-0.39, 0.29) is 5.69 Å². The third-order valence-electron chi connectivity index (χ3n) is 6.22. The number of nitrogens with zero attached hydrogens (tertiary/aromatic N) is 5. The molecule has 0 radical (unpaired) electrons. The molecule has 1 saturated heterocycles. The number of aryl methyl sites for hydroxylation is 1.